The van der Waals surface area contributed by atoms with E-state index in [0.717, 1.165) is 0 Å². The van der Waals surface area contributed by atoms with Crippen LogP contribution in [0.4, 0.5) is 0 Å². The van der Waals surface area contributed by atoms with Crippen molar-refractivity contribution >= 4 is 11.9 Å². The fraction of sp³-hybridized carbons (Fsp3) is 0.867. The molecular formula is C15H18O8. The predicted octanol–water partition coefficient (Wildman–Crippen LogP) is -1.75. The van der Waals surface area contributed by atoms with Crippen LogP contribution < -0.4 is 0 Å². The maximum absolute atomic E-state index is 12.3. The molecule has 8 heteroatoms. The molecule has 126 valence electrons. The molecule has 2 bridgehead atoms. The highest BCUT2D eigenvalue weighted by molar-refractivity contribution is 5.87. The van der Waals surface area contributed by atoms with Crippen LogP contribution in [0.3, 0.4) is 0 Å². The largest absolute Gasteiger partial charge is 0.463 e. The fourth-order valence-electron chi connectivity index (χ4n) is 6.00. The summed E-state index contributed by atoms with van der Waals surface area (Å²) in [7, 11) is 0. The van der Waals surface area contributed by atoms with Crippen LogP contribution in [-0.2, 0) is 23.8 Å². The highest BCUT2D eigenvalue weighted by Gasteiger charge is 2.93. The first kappa shape index (κ1) is 14.2. The van der Waals surface area contributed by atoms with Gasteiger partial charge < -0.3 is 29.5 Å². The van der Waals surface area contributed by atoms with Crippen LogP contribution in [0.25, 0.3) is 0 Å². The summed E-state index contributed by atoms with van der Waals surface area (Å²) in [6, 6.07) is 0. The zero-order valence-electron chi connectivity index (χ0n) is 12.7. The number of cyclic esters (lactones) is 1. The number of fused-ring (bicyclic) bond motifs is 5. The number of rotatable bonds is 0. The zero-order valence-corrected chi connectivity index (χ0v) is 12.7. The molecule has 3 aliphatic heterocycles. The molecule has 3 saturated heterocycles. The summed E-state index contributed by atoms with van der Waals surface area (Å²) in [6.45, 7) is 3.10. The number of hydrogen-bond donors (Lipinski definition) is 3. The van der Waals surface area contributed by atoms with E-state index in [9.17, 15) is 24.9 Å². The number of hydrogen-bond acceptors (Lipinski definition) is 8. The molecule has 1 spiro atoms. The molecule has 0 unspecified atom stereocenters. The monoisotopic (exact) mass is 326 g/mol. The first-order chi connectivity index (χ1) is 10.6. The van der Waals surface area contributed by atoms with Crippen molar-refractivity contribution in [1.29, 1.82) is 0 Å². The molecule has 3 heterocycles. The van der Waals surface area contributed by atoms with Crippen molar-refractivity contribution in [2.75, 3.05) is 6.61 Å². The number of esters is 2. The third-order valence-electron chi connectivity index (χ3n) is 7.53. The molecular weight excluding hydrogens is 308 g/mol. The SMILES string of the molecule is C[C@@]12COC(=O)[C@]1(O)[C@@H]1C[C@@]3([C@@H](O)C(=O)O1)[C@]2(O)C[C@@H]1O[C@@]13C. The van der Waals surface area contributed by atoms with E-state index in [4.69, 9.17) is 14.2 Å². The molecule has 8 nitrogen and oxygen atoms in total. The van der Waals surface area contributed by atoms with Gasteiger partial charge in [-0.15, -0.1) is 0 Å². The lowest BCUT2D eigenvalue weighted by Crippen LogP contribution is -2.82. The Morgan fingerprint density at radius 2 is 1.83 bits per heavy atom. The molecule has 5 rings (SSSR count). The van der Waals surface area contributed by atoms with E-state index in [1.807, 2.05) is 0 Å². The van der Waals surface area contributed by atoms with Gasteiger partial charge in [0.1, 0.15) is 18.3 Å². The van der Waals surface area contributed by atoms with Gasteiger partial charge in [0.05, 0.1) is 22.5 Å². The second-order valence-corrected chi connectivity index (χ2v) is 7.96. The Balaban J connectivity index is 1.83. The normalized spacial score (nSPS) is 65.3. The Kier molecular flexibility index (Phi) is 2.02. The molecule has 3 N–H and O–H groups in total. The van der Waals surface area contributed by atoms with Crippen LogP contribution in [0.1, 0.15) is 26.7 Å². The molecule has 0 aromatic carbocycles. The Labute approximate surface area is 131 Å². The fourth-order valence-corrected chi connectivity index (χ4v) is 6.00. The van der Waals surface area contributed by atoms with E-state index in [0.29, 0.717) is 0 Å². The minimum atomic E-state index is -2.13. The summed E-state index contributed by atoms with van der Waals surface area (Å²) in [4.78, 5) is 24.5. The first-order valence-corrected chi connectivity index (χ1v) is 7.77. The topological polar surface area (TPSA) is 126 Å². The molecule has 8 atom stereocenters. The smallest absolute Gasteiger partial charge is 0.342 e. The van der Waals surface area contributed by atoms with Gasteiger partial charge in [-0.3, -0.25) is 0 Å². The summed E-state index contributed by atoms with van der Waals surface area (Å²) in [5, 5.41) is 33.4. The summed E-state index contributed by atoms with van der Waals surface area (Å²) in [5.41, 5.74) is -7.45. The Hall–Kier alpha value is -1.22. The van der Waals surface area contributed by atoms with E-state index in [-0.39, 0.29) is 25.6 Å². The molecule has 2 saturated carbocycles. The predicted molar refractivity (Wildman–Crippen MR) is 69.8 cm³/mol. The number of ether oxygens (including phenoxy) is 3. The molecule has 23 heavy (non-hydrogen) atoms. The maximum Gasteiger partial charge on any atom is 0.342 e. The third kappa shape index (κ3) is 0.996. The van der Waals surface area contributed by atoms with Crippen LogP contribution in [0, 0.1) is 10.8 Å². The van der Waals surface area contributed by atoms with Crippen molar-refractivity contribution in [2.24, 2.45) is 10.8 Å². The van der Waals surface area contributed by atoms with Gasteiger partial charge in [-0.1, -0.05) is 0 Å². The maximum atomic E-state index is 12.3. The lowest BCUT2D eigenvalue weighted by atomic mass is 9.43. The third-order valence-corrected chi connectivity index (χ3v) is 7.53. The summed E-state index contributed by atoms with van der Waals surface area (Å²) in [5.74, 6) is -1.85. The molecule has 0 aromatic heterocycles. The van der Waals surface area contributed by atoms with Gasteiger partial charge in [-0.05, 0) is 13.8 Å². The van der Waals surface area contributed by atoms with Crippen molar-refractivity contribution in [3.8, 4) is 0 Å². The molecule has 0 amide bonds. The first-order valence-electron chi connectivity index (χ1n) is 7.77. The lowest BCUT2D eigenvalue weighted by Gasteiger charge is -2.64. The van der Waals surface area contributed by atoms with Gasteiger partial charge in [-0.25, -0.2) is 9.59 Å². The Bertz CT molecular complexity index is 678. The van der Waals surface area contributed by atoms with Crippen molar-refractivity contribution in [1.82, 2.24) is 0 Å². The van der Waals surface area contributed by atoms with Gasteiger partial charge in [0.25, 0.3) is 0 Å². The summed E-state index contributed by atoms with van der Waals surface area (Å²) >= 11 is 0. The summed E-state index contributed by atoms with van der Waals surface area (Å²) in [6.07, 6.45) is -3.04. The standard InChI is InChI=1S/C15H18O8/c1-11-5-21-10(18)15(11,20)7-3-13(8(16)9(17)22-7)12(2)6(23-12)4-14(11,13)19/h6-8,16,19-20H,3-5H2,1-2H3/t6-,7-,8-,11-,12-,13-,14-,15+/m0/s1. The quantitative estimate of drug-likeness (QED) is 0.353. The van der Waals surface area contributed by atoms with Gasteiger partial charge >= 0.3 is 11.9 Å². The van der Waals surface area contributed by atoms with Crippen molar-refractivity contribution < 1.29 is 39.1 Å². The number of carbonyl (C=O) groups excluding carboxylic acids is 2. The van der Waals surface area contributed by atoms with Gasteiger partial charge in [0.2, 0.25) is 5.60 Å². The Morgan fingerprint density at radius 3 is 2.52 bits per heavy atom. The van der Waals surface area contributed by atoms with Crippen molar-refractivity contribution in [3.63, 3.8) is 0 Å². The number of aliphatic hydroxyl groups is 3. The van der Waals surface area contributed by atoms with Crippen molar-refractivity contribution in [3.05, 3.63) is 0 Å². The molecule has 5 fully saturated rings. The number of aliphatic hydroxyl groups excluding tert-OH is 1. The summed E-state index contributed by atoms with van der Waals surface area (Å²) < 4.78 is 15.9. The number of epoxide rings is 1. The van der Waals surface area contributed by atoms with Gasteiger partial charge in [-0.2, -0.15) is 0 Å². The Morgan fingerprint density at radius 1 is 1.13 bits per heavy atom. The second-order valence-electron chi connectivity index (χ2n) is 7.96. The molecule has 0 aromatic rings. The van der Waals surface area contributed by atoms with E-state index in [1.165, 1.54) is 0 Å². The van der Waals surface area contributed by atoms with Crippen LogP contribution >= 0.6 is 0 Å². The van der Waals surface area contributed by atoms with E-state index in [2.05, 4.69) is 0 Å². The molecule has 5 aliphatic rings. The van der Waals surface area contributed by atoms with Crippen LogP contribution in [0.2, 0.25) is 0 Å². The van der Waals surface area contributed by atoms with E-state index >= 15 is 0 Å². The zero-order chi connectivity index (χ0) is 16.6. The number of carbonyl (C=O) groups is 2. The molecule has 2 aliphatic carbocycles. The van der Waals surface area contributed by atoms with Crippen molar-refractivity contribution in [2.45, 2.75) is 61.8 Å². The highest BCUT2D eigenvalue weighted by atomic mass is 16.6. The van der Waals surface area contributed by atoms with Gasteiger partial charge in [0.15, 0.2) is 6.10 Å². The minimum Gasteiger partial charge on any atom is -0.463 e. The average molecular weight is 326 g/mol. The average Bonchev–Trinajstić information content (AvgIpc) is 3.01. The highest BCUT2D eigenvalue weighted by Crippen LogP contribution is 2.78. The van der Waals surface area contributed by atoms with E-state index < -0.39 is 51.8 Å². The second kappa shape index (κ2) is 3.28. The molecule has 0 radical (unpaired) electrons. The minimum absolute atomic E-state index is 0.0510. The van der Waals surface area contributed by atoms with Crippen LogP contribution in [0.5, 0.6) is 0 Å². The van der Waals surface area contributed by atoms with Crippen LogP contribution in [0.15, 0.2) is 0 Å². The van der Waals surface area contributed by atoms with Crippen LogP contribution in [-0.4, -0.2) is 69.0 Å². The van der Waals surface area contributed by atoms with Gasteiger partial charge in [0, 0.05) is 12.8 Å². The van der Waals surface area contributed by atoms with E-state index in [1.54, 1.807) is 13.8 Å². The lowest BCUT2D eigenvalue weighted by molar-refractivity contribution is -0.332.